The fourth-order valence-corrected chi connectivity index (χ4v) is 2.99. The molecule has 0 unspecified atom stereocenters. The van der Waals surface area contributed by atoms with Crippen molar-refractivity contribution in [3.8, 4) is 11.5 Å². The molecular weight excluding hydrogens is 372 g/mol. The Balaban J connectivity index is 1.91. The van der Waals surface area contributed by atoms with Crippen LogP contribution in [0.15, 0.2) is 46.0 Å². The zero-order valence-electron chi connectivity index (χ0n) is 13.8. The molecule has 2 rings (SSSR count). The zero-order valence-corrected chi connectivity index (χ0v) is 15.4. The summed E-state index contributed by atoms with van der Waals surface area (Å²) in [5, 5.41) is 3.93. The van der Waals surface area contributed by atoms with Crippen LogP contribution < -0.4 is 14.9 Å². The minimum Gasteiger partial charge on any atom is -0.496 e. The van der Waals surface area contributed by atoms with E-state index in [1.165, 1.54) is 6.21 Å². The Morgan fingerprint density at radius 1 is 1.29 bits per heavy atom. The maximum absolute atomic E-state index is 11.9. The number of aryl methyl sites for hydroxylation is 2. The molecule has 0 saturated carbocycles. The number of benzene rings is 2. The third-order valence-corrected chi connectivity index (χ3v) is 3.84. The summed E-state index contributed by atoms with van der Waals surface area (Å²) < 4.78 is 11.6. The van der Waals surface area contributed by atoms with E-state index in [1.54, 1.807) is 7.11 Å². The first-order valence-corrected chi connectivity index (χ1v) is 8.15. The van der Waals surface area contributed by atoms with Gasteiger partial charge in [-0.25, -0.2) is 5.43 Å². The van der Waals surface area contributed by atoms with Crippen molar-refractivity contribution in [3.63, 3.8) is 0 Å². The number of ether oxygens (including phenoxy) is 2. The van der Waals surface area contributed by atoms with Gasteiger partial charge >= 0.3 is 0 Å². The maximum atomic E-state index is 11.9. The lowest BCUT2D eigenvalue weighted by molar-refractivity contribution is -0.123. The van der Waals surface area contributed by atoms with Crippen LogP contribution in [0.5, 0.6) is 11.5 Å². The summed E-state index contributed by atoms with van der Waals surface area (Å²) in [5.74, 6) is 1.00. The molecule has 0 bridgehead atoms. The summed E-state index contributed by atoms with van der Waals surface area (Å²) in [6.45, 7) is 3.82. The molecule has 0 heterocycles. The molecule has 1 N–H and O–H groups in total. The van der Waals surface area contributed by atoms with E-state index in [9.17, 15) is 4.79 Å². The molecule has 0 aromatic heterocycles. The highest BCUT2D eigenvalue weighted by Crippen LogP contribution is 2.30. The van der Waals surface area contributed by atoms with Gasteiger partial charge in [0.25, 0.3) is 5.91 Å². The number of rotatable bonds is 6. The molecule has 0 saturated heterocycles. The molecule has 2 aromatic carbocycles. The van der Waals surface area contributed by atoms with Gasteiger partial charge in [0.1, 0.15) is 11.5 Å². The van der Waals surface area contributed by atoms with Crippen LogP contribution in [-0.2, 0) is 4.79 Å². The summed E-state index contributed by atoms with van der Waals surface area (Å²) in [6, 6.07) is 11.3. The number of halogens is 1. The summed E-state index contributed by atoms with van der Waals surface area (Å²) >= 11 is 3.45. The number of methoxy groups -OCH3 is 1. The second-order valence-electron chi connectivity index (χ2n) is 5.22. The zero-order chi connectivity index (χ0) is 17.5. The summed E-state index contributed by atoms with van der Waals surface area (Å²) in [6.07, 6.45) is 1.53. The van der Waals surface area contributed by atoms with Crippen LogP contribution in [0.1, 0.15) is 16.7 Å². The highest BCUT2D eigenvalue weighted by molar-refractivity contribution is 9.10. The molecule has 126 valence electrons. The first kappa shape index (κ1) is 18.0. The van der Waals surface area contributed by atoms with Crippen LogP contribution in [-0.4, -0.2) is 25.8 Å². The predicted octanol–water partition coefficient (Wildman–Crippen LogP) is 3.60. The first-order chi connectivity index (χ1) is 11.5. The molecule has 5 nitrogen and oxygen atoms in total. The SMILES string of the molecule is COc1ccccc1C=NNC(=O)COc1c(C)cc(C)cc1Br. The Morgan fingerprint density at radius 3 is 2.75 bits per heavy atom. The molecule has 6 heteroatoms. The van der Waals surface area contributed by atoms with Crippen molar-refractivity contribution < 1.29 is 14.3 Å². The lowest BCUT2D eigenvalue weighted by Gasteiger charge is -2.11. The molecular formula is C18H19BrN2O3. The van der Waals surface area contributed by atoms with Crippen molar-refractivity contribution in [1.29, 1.82) is 0 Å². The van der Waals surface area contributed by atoms with E-state index in [4.69, 9.17) is 9.47 Å². The van der Waals surface area contributed by atoms with E-state index in [0.29, 0.717) is 11.5 Å². The smallest absolute Gasteiger partial charge is 0.277 e. The van der Waals surface area contributed by atoms with Crippen LogP contribution >= 0.6 is 15.9 Å². The van der Waals surface area contributed by atoms with Gasteiger partial charge in [-0.2, -0.15) is 5.10 Å². The Kier molecular flexibility index (Phi) is 6.37. The first-order valence-electron chi connectivity index (χ1n) is 7.35. The van der Waals surface area contributed by atoms with E-state index in [2.05, 4.69) is 26.5 Å². The highest BCUT2D eigenvalue weighted by atomic mass is 79.9. The van der Waals surface area contributed by atoms with Gasteiger partial charge in [0.15, 0.2) is 6.61 Å². The van der Waals surface area contributed by atoms with Crippen molar-refractivity contribution in [1.82, 2.24) is 5.43 Å². The van der Waals surface area contributed by atoms with E-state index in [0.717, 1.165) is 21.2 Å². The maximum Gasteiger partial charge on any atom is 0.277 e. The highest BCUT2D eigenvalue weighted by Gasteiger charge is 2.09. The molecule has 0 radical (unpaired) electrons. The van der Waals surface area contributed by atoms with Crippen LogP contribution in [0.4, 0.5) is 0 Å². The summed E-state index contributed by atoms with van der Waals surface area (Å²) in [4.78, 5) is 11.9. The summed E-state index contributed by atoms with van der Waals surface area (Å²) in [7, 11) is 1.58. The second kappa shape index (κ2) is 8.49. The van der Waals surface area contributed by atoms with E-state index >= 15 is 0 Å². The lowest BCUT2D eigenvalue weighted by Crippen LogP contribution is -2.24. The van der Waals surface area contributed by atoms with Crippen molar-refractivity contribution in [3.05, 3.63) is 57.6 Å². The van der Waals surface area contributed by atoms with E-state index < -0.39 is 0 Å². The van der Waals surface area contributed by atoms with Crippen LogP contribution in [0.2, 0.25) is 0 Å². The number of nitrogens with zero attached hydrogens (tertiary/aromatic N) is 1. The van der Waals surface area contributed by atoms with Gasteiger partial charge in [0.05, 0.1) is 17.8 Å². The molecule has 2 aromatic rings. The average Bonchev–Trinajstić information content (AvgIpc) is 2.54. The average molecular weight is 391 g/mol. The van der Waals surface area contributed by atoms with Gasteiger partial charge < -0.3 is 9.47 Å². The van der Waals surface area contributed by atoms with Crippen molar-refractivity contribution in [2.24, 2.45) is 5.10 Å². The molecule has 0 fully saturated rings. The molecule has 1 amide bonds. The normalized spacial score (nSPS) is 10.7. The minimum atomic E-state index is -0.340. The van der Waals surface area contributed by atoms with Crippen LogP contribution in [0.3, 0.4) is 0 Å². The van der Waals surface area contributed by atoms with Gasteiger partial charge in [-0.05, 0) is 59.1 Å². The Hall–Kier alpha value is -2.34. The Morgan fingerprint density at radius 2 is 2.04 bits per heavy atom. The largest absolute Gasteiger partial charge is 0.496 e. The standard InChI is InChI=1S/C18H19BrN2O3/c1-12-8-13(2)18(15(19)9-12)24-11-17(22)21-20-10-14-6-4-5-7-16(14)23-3/h4-10H,11H2,1-3H3,(H,21,22). The third kappa shape index (κ3) is 4.83. The molecule has 0 aliphatic rings. The molecule has 0 aliphatic carbocycles. The van der Waals surface area contributed by atoms with Gasteiger partial charge in [-0.15, -0.1) is 0 Å². The van der Waals surface area contributed by atoms with Gasteiger partial charge in [-0.1, -0.05) is 18.2 Å². The second-order valence-corrected chi connectivity index (χ2v) is 6.07. The molecule has 0 aliphatic heterocycles. The van der Waals surface area contributed by atoms with Crippen molar-refractivity contribution in [2.45, 2.75) is 13.8 Å². The number of nitrogens with one attached hydrogen (secondary N) is 1. The molecule has 24 heavy (non-hydrogen) atoms. The minimum absolute atomic E-state index is 0.119. The quantitative estimate of drug-likeness (QED) is 0.605. The Labute approximate surface area is 149 Å². The summed E-state index contributed by atoms with van der Waals surface area (Å²) in [5.41, 5.74) is 5.30. The molecule has 0 atom stereocenters. The number of hydrogen-bond donors (Lipinski definition) is 1. The number of hydrazone groups is 1. The number of carbonyl (C=O) groups excluding carboxylic acids is 1. The number of para-hydroxylation sites is 1. The van der Waals surface area contributed by atoms with Gasteiger partial charge in [0.2, 0.25) is 0 Å². The van der Waals surface area contributed by atoms with Gasteiger partial charge in [0, 0.05) is 5.56 Å². The topological polar surface area (TPSA) is 59.9 Å². The number of amides is 1. The lowest BCUT2D eigenvalue weighted by atomic mass is 10.1. The van der Waals surface area contributed by atoms with E-state index in [1.807, 2.05) is 50.2 Å². The molecule has 0 spiro atoms. The van der Waals surface area contributed by atoms with Crippen molar-refractivity contribution in [2.75, 3.05) is 13.7 Å². The van der Waals surface area contributed by atoms with Crippen molar-refractivity contribution >= 4 is 28.1 Å². The predicted molar refractivity (Wildman–Crippen MR) is 97.8 cm³/mol. The number of hydrogen-bond acceptors (Lipinski definition) is 4. The fraction of sp³-hybridized carbons (Fsp3) is 0.222. The number of carbonyl (C=O) groups is 1. The van der Waals surface area contributed by atoms with E-state index in [-0.39, 0.29) is 12.5 Å². The fourth-order valence-electron chi connectivity index (χ4n) is 2.20. The Bertz CT molecular complexity index is 737. The van der Waals surface area contributed by atoms with Crippen LogP contribution in [0.25, 0.3) is 0 Å². The van der Waals surface area contributed by atoms with Gasteiger partial charge in [-0.3, -0.25) is 4.79 Å². The monoisotopic (exact) mass is 390 g/mol. The third-order valence-electron chi connectivity index (χ3n) is 3.25. The van der Waals surface area contributed by atoms with Crippen LogP contribution in [0, 0.1) is 13.8 Å².